The van der Waals surface area contributed by atoms with Crippen LogP contribution in [0.4, 0.5) is 0 Å². The Bertz CT molecular complexity index is 562. The number of sulfonamides is 1. The molecule has 0 amide bonds. The standard InChI is InChI=1S/C14H22N2O3S3/c17-22(18,13-2-1-9-21-13)15-12-14(3-10-20-11-4-14)16-5-7-19-8-6-16/h1-2,9,15H,3-8,10-12H2. The smallest absolute Gasteiger partial charge is 0.250 e. The summed E-state index contributed by atoms with van der Waals surface area (Å²) in [5, 5.41) is 1.80. The molecule has 2 fully saturated rings. The van der Waals surface area contributed by atoms with Crippen LogP contribution in [-0.2, 0) is 14.8 Å². The maximum absolute atomic E-state index is 12.4. The molecular formula is C14H22N2O3S3. The third-order valence-corrected chi connectivity index (χ3v) is 8.24. The first kappa shape index (κ1) is 16.7. The van der Waals surface area contributed by atoms with Crippen LogP contribution in [-0.4, -0.2) is 63.2 Å². The number of hydrogen-bond donors (Lipinski definition) is 1. The summed E-state index contributed by atoms with van der Waals surface area (Å²) in [6.45, 7) is 3.77. The molecule has 1 aromatic rings. The van der Waals surface area contributed by atoms with E-state index in [1.807, 2.05) is 11.8 Å². The summed E-state index contributed by atoms with van der Waals surface area (Å²) in [6, 6.07) is 3.43. The molecule has 0 unspecified atom stereocenters. The number of thioether (sulfide) groups is 1. The number of nitrogens with one attached hydrogen (secondary N) is 1. The van der Waals surface area contributed by atoms with Crippen LogP contribution in [0.5, 0.6) is 0 Å². The lowest BCUT2D eigenvalue weighted by Crippen LogP contribution is -2.60. The van der Waals surface area contributed by atoms with Gasteiger partial charge in [-0.05, 0) is 35.8 Å². The van der Waals surface area contributed by atoms with Gasteiger partial charge in [0.2, 0.25) is 10.0 Å². The molecule has 3 rings (SSSR count). The van der Waals surface area contributed by atoms with Crippen LogP contribution >= 0.6 is 23.1 Å². The molecule has 2 saturated heterocycles. The Morgan fingerprint density at radius 1 is 1.27 bits per heavy atom. The van der Waals surface area contributed by atoms with Crippen LogP contribution in [0, 0.1) is 0 Å². The van der Waals surface area contributed by atoms with Gasteiger partial charge in [0.1, 0.15) is 4.21 Å². The average molecular weight is 363 g/mol. The molecule has 124 valence electrons. The lowest BCUT2D eigenvalue weighted by molar-refractivity contribution is -0.0242. The molecular weight excluding hydrogens is 340 g/mol. The van der Waals surface area contributed by atoms with Crippen molar-refractivity contribution >= 4 is 33.1 Å². The van der Waals surface area contributed by atoms with Gasteiger partial charge >= 0.3 is 0 Å². The van der Waals surface area contributed by atoms with E-state index in [1.165, 1.54) is 11.3 Å². The molecule has 0 aromatic carbocycles. The number of morpholine rings is 1. The van der Waals surface area contributed by atoms with Crippen molar-refractivity contribution < 1.29 is 13.2 Å². The Hall–Kier alpha value is -0.120. The summed E-state index contributed by atoms with van der Waals surface area (Å²) in [5.74, 6) is 2.19. The normalized spacial score (nSPS) is 23.5. The largest absolute Gasteiger partial charge is 0.379 e. The van der Waals surface area contributed by atoms with Gasteiger partial charge in [-0.3, -0.25) is 4.90 Å². The highest BCUT2D eigenvalue weighted by atomic mass is 32.2. The molecule has 1 N–H and O–H groups in total. The minimum Gasteiger partial charge on any atom is -0.379 e. The van der Waals surface area contributed by atoms with Gasteiger partial charge < -0.3 is 4.74 Å². The highest BCUT2D eigenvalue weighted by Crippen LogP contribution is 2.33. The van der Waals surface area contributed by atoms with Crippen LogP contribution in [0.15, 0.2) is 21.7 Å². The van der Waals surface area contributed by atoms with E-state index < -0.39 is 10.0 Å². The number of hydrogen-bond acceptors (Lipinski definition) is 6. The van der Waals surface area contributed by atoms with Crippen LogP contribution < -0.4 is 4.72 Å². The lowest BCUT2D eigenvalue weighted by atomic mass is 9.89. The Morgan fingerprint density at radius 3 is 2.64 bits per heavy atom. The summed E-state index contributed by atoms with van der Waals surface area (Å²) in [6.07, 6.45) is 2.06. The van der Waals surface area contributed by atoms with Crippen molar-refractivity contribution in [2.45, 2.75) is 22.6 Å². The SMILES string of the molecule is O=S(=O)(NCC1(N2CCOCC2)CCSCC1)c1cccs1. The zero-order valence-electron chi connectivity index (χ0n) is 12.5. The van der Waals surface area contributed by atoms with E-state index in [9.17, 15) is 8.42 Å². The van der Waals surface area contributed by atoms with Gasteiger partial charge in [0.25, 0.3) is 0 Å². The van der Waals surface area contributed by atoms with E-state index in [0.29, 0.717) is 10.8 Å². The van der Waals surface area contributed by atoms with E-state index in [4.69, 9.17) is 4.74 Å². The predicted molar refractivity (Wildman–Crippen MR) is 91.2 cm³/mol. The third-order valence-electron chi connectivity index (χ3n) is 4.46. The molecule has 0 atom stereocenters. The summed E-state index contributed by atoms with van der Waals surface area (Å²) >= 11 is 3.22. The fourth-order valence-electron chi connectivity index (χ4n) is 3.11. The summed E-state index contributed by atoms with van der Waals surface area (Å²) < 4.78 is 33.5. The van der Waals surface area contributed by atoms with E-state index in [1.54, 1.807) is 17.5 Å². The molecule has 0 aliphatic carbocycles. The highest BCUT2D eigenvalue weighted by molar-refractivity contribution is 7.99. The monoisotopic (exact) mass is 362 g/mol. The zero-order valence-corrected chi connectivity index (χ0v) is 14.9. The fraction of sp³-hybridized carbons (Fsp3) is 0.714. The fourth-order valence-corrected chi connectivity index (χ4v) is 6.52. The Balaban J connectivity index is 1.73. The van der Waals surface area contributed by atoms with Crippen molar-refractivity contribution in [3.63, 3.8) is 0 Å². The van der Waals surface area contributed by atoms with Crippen LogP contribution in [0.2, 0.25) is 0 Å². The number of ether oxygens (including phenoxy) is 1. The molecule has 8 heteroatoms. The van der Waals surface area contributed by atoms with Crippen molar-refractivity contribution in [3.05, 3.63) is 17.5 Å². The zero-order chi connectivity index (χ0) is 15.5. The number of rotatable bonds is 5. The van der Waals surface area contributed by atoms with E-state index >= 15 is 0 Å². The Kier molecular flexibility index (Phi) is 5.47. The van der Waals surface area contributed by atoms with Crippen LogP contribution in [0.25, 0.3) is 0 Å². The first-order valence-corrected chi connectivity index (χ1v) is 11.1. The van der Waals surface area contributed by atoms with Gasteiger partial charge in [-0.15, -0.1) is 11.3 Å². The van der Waals surface area contributed by atoms with Crippen molar-refractivity contribution in [3.8, 4) is 0 Å². The van der Waals surface area contributed by atoms with Crippen molar-refractivity contribution in [2.75, 3.05) is 44.4 Å². The van der Waals surface area contributed by atoms with E-state index in [2.05, 4.69) is 9.62 Å². The Morgan fingerprint density at radius 2 is 2.00 bits per heavy atom. The molecule has 1 aromatic heterocycles. The summed E-state index contributed by atoms with van der Waals surface area (Å²) in [5.41, 5.74) is -0.0562. The summed E-state index contributed by atoms with van der Waals surface area (Å²) in [4.78, 5) is 2.44. The van der Waals surface area contributed by atoms with Gasteiger partial charge in [0, 0.05) is 25.2 Å². The molecule has 2 aliphatic heterocycles. The first-order chi connectivity index (χ1) is 10.6. The second-order valence-corrected chi connectivity index (χ2v) is 9.86. The highest BCUT2D eigenvalue weighted by Gasteiger charge is 2.39. The molecule has 0 spiro atoms. The summed E-state index contributed by atoms with van der Waals surface area (Å²) in [7, 11) is -3.39. The van der Waals surface area contributed by atoms with Crippen molar-refractivity contribution in [2.24, 2.45) is 0 Å². The van der Waals surface area contributed by atoms with Gasteiger partial charge in [0.15, 0.2) is 0 Å². The minimum absolute atomic E-state index is 0.0562. The van der Waals surface area contributed by atoms with E-state index in [-0.39, 0.29) is 5.54 Å². The first-order valence-electron chi connectivity index (χ1n) is 7.56. The van der Waals surface area contributed by atoms with Gasteiger partial charge in [-0.1, -0.05) is 6.07 Å². The van der Waals surface area contributed by atoms with Crippen molar-refractivity contribution in [1.29, 1.82) is 0 Å². The quantitative estimate of drug-likeness (QED) is 0.863. The second-order valence-electron chi connectivity index (χ2n) is 5.69. The second kappa shape index (κ2) is 7.19. The molecule has 0 bridgehead atoms. The molecule has 5 nitrogen and oxygen atoms in total. The van der Waals surface area contributed by atoms with E-state index in [0.717, 1.165) is 50.7 Å². The molecule has 3 heterocycles. The predicted octanol–water partition coefficient (Wildman–Crippen LogP) is 1.62. The number of nitrogens with zero attached hydrogens (tertiary/aromatic N) is 1. The number of thiophene rings is 1. The topological polar surface area (TPSA) is 58.6 Å². The minimum atomic E-state index is -3.39. The molecule has 0 saturated carbocycles. The van der Waals surface area contributed by atoms with Crippen LogP contribution in [0.3, 0.4) is 0 Å². The van der Waals surface area contributed by atoms with Gasteiger partial charge in [0.05, 0.1) is 13.2 Å². The van der Waals surface area contributed by atoms with Gasteiger partial charge in [-0.2, -0.15) is 11.8 Å². The lowest BCUT2D eigenvalue weighted by Gasteiger charge is -2.47. The molecule has 0 radical (unpaired) electrons. The molecule has 2 aliphatic rings. The van der Waals surface area contributed by atoms with Gasteiger partial charge in [-0.25, -0.2) is 13.1 Å². The van der Waals surface area contributed by atoms with Crippen molar-refractivity contribution in [1.82, 2.24) is 9.62 Å². The van der Waals surface area contributed by atoms with Crippen LogP contribution in [0.1, 0.15) is 12.8 Å². The maximum Gasteiger partial charge on any atom is 0.250 e. The maximum atomic E-state index is 12.4. The average Bonchev–Trinajstić information content (AvgIpc) is 3.10. The third kappa shape index (κ3) is 3.68. The Labute approximate surface area is 140 Å². The molecule has 22 heavy (non-hydrogen) atoms.